The Hall–Kier alpha value is -10.1. The summed E-state index contributed by atoms with van der Waals surface area (Å²) in [4.78, 5) is 105. The third kappa shape index (κ3) is 21.8. The van der Waals surface area contributed by atoms with Crippen molar-refractivity contribution in [3.8, 4) is 67.3 Å². The second kappa shape index (κ2) is 40.6. The number of benzene rings is 5. The van der Waals surface area contributed by atoms with Crippen molar-refractivity contribution >= 4 is 30.0 Å². The van der Waals surface area contributed by atoms with Crippen molar-refractivity contribution in [2.24, 2.45) is 41.2 Å². The maximum Gasteiger partial charge on any atom is 0.407 e. The lowest BCUT2D eigenvalue weighted by molar-refractivity contribution is -0.191. The van der Waals surface area contributed by atoms with Gasteiger partial charge in [-0.2, -0.15) is 9.59 Å². The highest BCUT2D eigenvalue weighted by atomic mass is 16.5. The Labute approximate surface area is 632 Å². The molecule has 3 saturated heterocycles. The number of nitrogens with zero attached hydrogens (tertiary/aromatic N) is 7. The molecular formula is C86H113N13O8. The molecule has 1 saturated carbocycles. The van der Waals surface area contributed by atoms with Crippen molar-refractivity contribution in [3.05, 3.63) is 181 Å². The molecule has 570 valence electrons. The number of aliphatic hydroxyl groups is 1. The quantitative estimate of drug-likeness (QED) is 0.0374. The topological polar surface area (TPSA) is 294 Å². The molecule has 4 amide bonds. The largest absolute Gasteiger partial charge is 0.445 e. The number of H-pyrrole nitrogens is 4. The molecule has 9 aromatic rings. The second-order valence-corrected chi connectivity index (χ2v) is 29.3. The van der Waals surface area contributed by atoms with Gasteiger partial charge in [0.05, 0.1) is 71.7 Å². The molecule has 21 heteroatoms. The van der Waals surface area contributed by atoms with Gasteiger partial charge in [0.15, 0.2) is 0 Å². The molecule has 4 aromatic heterocycles. The number of hydrogen-bond donors (Lipinski definition) is 7. The van der Waals surface area contributed by atoms with E-state index in [1.807, 2.05) is 125 Å². The van der Waals surface area contributed by atoms with E-state index >= 15 is 0 Å². The van der Waals surface area contributed by atoms with Gasteiger partial charge in [0.1, 0.15) is 29.9 Å². The standard InChI is InChI=1S/C37H47N7O2.C33H39N5O.C12H17NO2.C2H6.CO2.CH4O/c1-22(2)24(5)36(45)43-18-6-8-31(43)34-39-20-29(41-34)27-14-10-25(11-15-27)26-12-16-28(17-13-26)30-21-40-35(42-30)32-9-7-19-44(32)37(46)33(38)23(3)4;1-21(2)22(3)33(39)38-18-6-9-30(38)32-35-20-29(37-32)26-16-12-24(13-17-26)23-10-14-25(15-11-23)28-19-34-31(36-28)27-7-4-5-8-27;1-10(2)8-13-12(14)15-9-11-6-4-3-5-7-11;1-2;2-1-3;1-2/h10-17,20-24,31-33H,6-9,18-19,38H2,1-5H3,(H,39,41)(H,40,42);10-17,19-22,27,30H,4-9,18H2,1-3H3,(H,34,36)(H,35,37);3-7,10H,8-9H2,1-2H3,(H,13,14);1-2H3;;2H,1H3/t24-,31-,32-,33-;22-,30-;;;;/m00..../s1. The van der Waals surface area contributed by atoms with Crippen LogP contribution in [-0.4, -0.2) is 129 Å². The number of alkyl carbamates (subject to hydrolysis) is 1. The zero-order valence-electron chi connectivity index (χ0n) is 64.9. The Morgan fingerprint density at radius 1 is 0.458 bits per heavy atom. The zero-order chi connectivity index (χ0) is 77.3. The van der Waals surface area contributed by atoms with Crippen LogP contribution in [0.2, 0.25) is 0 Å². The Kier molecular flexibility index (Phi) is 31.3. The van der Waals surface area contributed by atoms with Crippen LogP contribution in [0.5, 0.6) is 0 Å². The van der Waals surface area contributed by atoms with Gasteiger partial charge in [0.2, 0.25) is 17.7 Å². The number of imidazole rings is 4. The number of likely N-dealkylation sites (tertiary alicyclic amines) is 3. The summed E-state index contributed by atoms with van der Waals surface area (Å²) < 4.78 is 5.03. The van der Waals surface area contributed by atoms with Gasteiger partial charge in [-0.25, -0.2) is 24.7 Å². The maximum absolute atomic E-state index is 13.1. The number of nitrogens with two attached hydrogens (primary N) is 1. The number of amides is 4. The molecule has 3 aliphatic heterocycles. The second-order valence-electron chi connectivity index (χ2n) is 29.3. The fourth-order valence-corrected chi connectivity index (χ4v) is 13.8. The summed E-state index contributed by atoms with van der Waals surface area (Å²) in [5.74, 6) is 5.98. The molecular weight excluding hydrogens is 1340 g/mol. The summed E-state index contributed by atoms with van der Waals surface area (Å²) in [5.41, 5.74) is 20.1. The number of ether oxygens (including phenoxy) is 1. The number of rotatable bonds is 20. The van der Waals surface area contributed by atoms with E-state index in [-0.39, 0.29) is 65.8 Å². The van der Waals surface area contributed by atoms with E-state index in [1.165, 1.54) is 42.4 Å². The molecule has 5 aromatic carbocycles. The lowest BCUT2D eigenvalue weighted by Crippen LogP contribution is -2.46. The Morgan fingerprint density at radius 2 is 0.766 bits per heavy atom. The highest BCUT2D eigenvalue weighted by Crippen LogP contribution is 2.39. The molecule has 21 nitrogen and oxygen atoms in total. The minimum Gasteiger partial charge on any atom is -0.445 e. The summed E-state index contributed by atoms with van der Waals surface area (Å²) in [6, 6.07) is 43.3. The predicted octanol–water partition coefficient (Wildman–Crippen LogP) is 17.1. The predicted molar refractivity (Wildman–Crippen MR) is 421 cm³/mol. The average molecular weight is 1460 g/mol. The fraction of sp³-hybridized carbons (Fsp3) is 0.453. The molecule has 107 heavy (non-hydrogen) atoms. The van der Waals surface area contributed by atoms with Gasteiger partial charge < -0.3 is 55.5 Å². The fourth-order valence-electron chi connectivity index (χ4n) is 13.8. The van der Waals surface area contributed by atoms with Crippen LogP contribution in [0, 0.1) is 35.5 Å². The smallest absolute Gasteiger partial charge is 0.407 e. The molecule has 0 radical (unpaired) electrons. The van der Waals surface area contributed by atoms with Crippen molar-refractivity contribution in [2.45, 2.75) is 184 Å². The maximum atomic E-state index is 13.1. The molecule has 7 heterocycles. The van der Waals surface area contributed by atoms with Crippen molar-refractivity contribution in [1.82, 2.24) is 59.9 Å². The number of nitrogens with one attached hydrogen (secondary N) is 5. The minimum atomic E-state index is -0.494. The van der Waals surface area contributed by atoms with Crippen molar-refractivity contribution in [2.75, 3.05) is 33.3 Å². The van der Waals surface area contributed by atoms with Crippen LogP contribution in [-0.2, 0) is 35.3 Å². The summed E-state index contributed by atoms with van der Waals surface area (Å²) in [6.07, 6.45) is 18.4. The number of carbonyl (C=O) groups is 4. The number of hydrogen-bond acceptors (Lipinski definition) is 13. The lowest BCUT2D eigenvalue weighted by atomic mass is 9.96. The molecule has 6 atom stereocenters. The van der Waals surface area contributed by atoms with Gasteiger partial charge in [0.25, 0.3) is 0 Å². The van der Waals surface area contributed by atoms with Gasteiger partial charge in [0, 0.05) is 51.0 Å². The number of aliphatic hydroxyl groups excluding tert-OH is 1. The highest BCUT2D eigenvalue weighted by Gasteiger charge is 2.38. The lowest BCUT2D eigenvalue weighted by Gasteiger charge is -2.27. The SMILES string of the molecule is CC.CC(C)CNC(=O)OCc1ccccc1.CC(C)[C@H](C)C(=O)N1CCC[C@H]1c1ncc(-c2ccc(-c3ccc(-c4cnc(C5CCCC5)[nH]4)cc3)cc2)[nH]1.CC(C)[C@H](C)C(=O)N1CCC[C@H]1c1ncc(-c2ccc(-c3ccc(-c4cnc([C@@H]5CCCN5C(=O)[C@@H](N)C(C)C)[nH]4)cc3)cc2)[nH]1.CO.O=C=O. The average Bonchev–Trinajstić information content (AvgIpc) is 1.69. The van der Waals surface area contributed by atoms with E-state index in [9.17, 15) is 19.2 Å². The Bertz CT molecular complexity index is 4100. The Morgan fingerprint density at radius 3 is 1.08 bits per heavy atom. The van der Waals surface area contributed by atoms with Crippen LogP contribution in [0.3, 0.4) is 0 Å². The van der Waals surface area contributed by atoms with Crippen molar-refractivity contribution in [3.63, 3.8) is 0 Å². The van der Waals surface area contributed by atoms with Crippen LogP contribution in [0.25, 0.3) is 67.3 Å². The molecule has 13 rings (SSSR count). The summed E-state index contributed by atoms with van der Waals surface area (Å²) in [5, 5.41) is 9.69. The van der Waals surface area contributed by atoms with Gasteiger partial charge in [-0.15, -0.1) is 0 Å². The van der Waals surface area contributed by atoms with Crippen molar-refractivity contribution < 1.29 is 38.6 Å². The van der Waals surface area contributed by atoms with Crippen molar-refractivity contribution in [1.29, 1.82) is 0 Å². The number of aromatic nitrogens is 8. The van der Waals surface area contributed by atoms with E-state index in [0.717, 1.165) is 138 Å². The van der Waals surface area contributed by atoms with E-state index in [0.29, 0.717) is 43.4 Å². The molecule has 1 aliphatic carbocycles. The van der Waals surface area contributed by atoms with Gasteiger partial charge in [-0.3, -0.25) is 14.4 Å². The van der Waals surface area contributed by atoms with Crippen LogP contribution < -0.4 is 11.1 Å². The Balaban J connectivity index is 0.000000213. The van der Waals surface area contributed by atoms with Gasteiger partial charge in [-0.05, 0) is 125 Å². The number of carbonyl (C=O) groups excluding carboxylic acids is 6. The molecule has 8 N–H and O–H groups in total. The molecule has 0 bridgehead atoms. The molecule has 4 aliphatic rings. The van der Waals surface area contributed by atoms with E-state index in [2.05, 4.69) is 160 Å². The monoisotopic (exact) mass is 1460 g/mol. The first kappa shape index (κ1) is 82.6. The zero-order valence-corrected chi connectivity index (χ0v) is 64.9. The van der Waals surface area contributed by atoms with Gasteiger partial charge >= 0.3 is 12.2 Å². The summed E-state index contributed by atoms with van der Waals surface area (Å²) >= 11 is 0. The first-order chi connectivity index (χ1) is 51.7. The highest BCUT2D eigenvalue weighted by molar-refractivity contribution is 5.83. The third-order valence-electron chi connectivity index (χ3n) is 20.8. The van der Waals surface area contributed by atoms with E-state index in [1.54, 1.807) is 0 Å². The van der Waals surface area contributed by atoms with E-state index in [4.69, 9.17) is 35.1 Å². The normalized spacial score (nSPS) is 16.9. The molecule has 0 unspecified atom stereocenters. The van der Waals surface area contributed by atoms with Gasteiger partial charge in [-0.1, -0.05) is 223 Å². The minimum absolute atomic E-state index is 0.00232. The molecule has 0 spiro atoms. The number of aromatic amines is 4. The first-order valence-corrected chi connectivity index (χ1v) is 38.4. The summed E-state index contributed by atoms with van der Waals surface area (Å²) in [6.45, 7) is 27.8. The molecule has 4 fully saturated rings. The third-order valence-corrected chi connectivity index (χ3v) is 20.8. The first-order valence-electron chi connectivity index (χ1n) is 38.4. The van der Waals surface area contributed by atoms with Crippen LogP contribution in [0.1, 0.15) is 200 Å². The van der Waals surface area contributed by atoms with E-state index < -0.39 is 6.04 Å². The van der Waals surface area contributed by atoms with Crippen LogP contribution in [0.4, 0.5) is 4.79 Å². The van der Waals surface area contributed by atoms with Crippen LogP contribution >= 0.6 is 0 Å². The summed E-state index contributed by atoms with van der Waals surface area (Å²) in [7, 11) is 1.00. The van der Waals surface area contributed by atoms with Crippen LogP contribution in [0.15, 0.2) is 152 Å².